The number of hydrogen-bond donors (Lipinski definition) is 0. The highest BCUT2D eigenvalue weighted by molar-refractivity contribution is 5.87. The second-order valence-electron chi connectivity index (χ2n) is 7.17. The summed E-state index contributed by atoms with van der Waals surface area (Å²) in [7, 11) is 1.29. The third kappa shape index (κ3) is 2.92. The average molecular weight is 409 g/mol. The largest absolute Gasteiger partial charge is 0.473 e. The molecule has 0 aliphatic carbocycles. The lowest BCUT2D eigenvalue weighted by molar-refractivity contribution is -0.139. The van der Waals surface area contributed by atoms with Crippen LogP contribution in [0.4, 0.5) is 5.69 Å². The van der Waals surface area contributed by atoms with Gasteiger partial charge in [0.15, 0.2) is 18.2 Å². The zero-order valence-electron chi connectivity index (χ0n) is 16.5. The van der Waals surface area contributed by atoms with Crippen LogP contribution < -0.4 is 24.7 Å². The normalized spacial score (nSPS) is 14.4. The molecule has 0 saturated heterocycles. The van der Waals surface area contributed by atoms with Gasteiger partial charge >= 0.3 is 11.6 Å². The van der Waals surface area contributed by atoms with Crippen molar-refractivity contribution in [3.05, 3.63) is 57.4 Å². The molecule has 2 aliphatic rings. The summed E-state index contributed by atoms with van der Waals surface area (Å²) in [6, 6.07) is 9.41. The van der Waals surface area contributed by atoms with E-state index in [1.807, 2.05) is 42.2 Å². The molecule has 0 N–H and O–H groups in total. The predicted molar refractivity (Wildman–Crippen MR) is 107 cm³/mol. The van der Waals surface area contributed by atoms with E-state index in [0.717, 1.165) is 16.6 Å². The van der Waals surface area contributed by atoms with E-state index in [0.29, 0.717) is 47.2 Å². The fourth-order valence-corrected chi connectivity index (χ4v) is 3.83. The average Bonchev–Trinajstić information content (AvgIpc) is 3.24. The smallest absolute Gasteiger partial charge is 0.340 e. The number of benzene rings is 2. The molecule has 3 heterocycles. The third-order valence-corrected chi connectivity index (χ3v) is 5.51. The van der Waals surface area contributed by atoms with Gasteiger partial charge in [-0.3, -0.25) is 4.79 Å². The molecule has 154 valence electrons. The van der Waals surface area contributed by atoms with Crippen LogP contribution in [0.2, 0.25) is 0 Å². The van der Waals surface area contributed by atoms with Crippen LogP contribution in [0.1, 0.15) is 16.7 Å². The molecule has 2 aromatic carbocycles. The lowest BCUT2D eigenvalue weighted by Gasteiger charge is -2.31. The molecule has 0 atom stereocenters. The number of carbonyl (C=O) groups excluding carboxylic acids is 1. The summed E-state index contributed by atoms with van der Waals surface area (Å²) >= 11 is 0. The number of anilines is 1. The van der Waals surface area contributed by atoms with Gasteiger partial charge in [-0.1, -0.05) is 0 Å². The van der Waals surface area contributed by atoms with Crippen molar-refractivity contribution in [1.29, 1.82) is 0 Å². The molecule has 8 heteroatoms. The zero-order valence-corrected chi connectivity index (χ0v) is 16.5. The molecule has 30 heavy (non-hydrogen) atoms. The molecule has 2 aliphatic heterocycles. The topological polar surface area (TPSA) is 87.4 Å². The van der Waals surface area contributed by atoms with Gasteiger partial charge in [0, 0.05) is 17.1 Å². The van der Waals surface area contributed by atoms with Crippen molar-refractivity contribution in [2.24, 2.45) is 0 Å². The number of rotatable bonds is 3. The summed E-state index contributed by atoms with van der Waals surface area (Å²) in [5.41, 5.74) is 2.62. The van der Waals surface area contributed by atoms with E-state index in [1.54, 1.807) is 0 Å². The van der Waals surface area contributed by atoms with Crippen LogP contribution in [0.15, 0.2) is 39.5 Å². The Bertz CT molecular complexity index is 1230. The quantitative estimate of drug-likeness (QED) is 0.482. The fraction of sp³-hybridized carbons (Fsp3) is 0.273. The number of ether oxygens (including phenoxy) is 4. The van der Waals surface area contributed by atoms with Crippen LogP contribution in [0.25, 0.3) is 11.0 Å². The van der Waals surface area contributed by atoms with Crippen molar-refractivity contribution in [1.82, 2.24) is 0 Å². The van der Waals surface area contributed by atoms with Gasteiger partial charge in [0.1, 0.15) is 11.3 Å². The van der Waals surface area contributed by atoms with Gasteiger partial charge in [0.05, 0.1) is 31.2 Å². The van der Waals surface area contributed by atoms with Gasteiger partial charge in [-0.2, -0.15) is 0 Å². The highest BCUT2D eigenvalue weighted by atomic mass is 16.7. The van der Waals surface area contributed by atoms with Crippen LogP contribution in [-0.4, -0.2) is 26.6 Å². The molecule has 0 fully saturated rings. The third-order valence-electron chi connectivity index (χ3n) is 5.51. The molecule has 3 aromatic rings. The highest BCUT2D eigenvalue weighted by Gasteiger charge is 2.25. The molecule has 0 unspecified atom stereocenters. The first-order chi connectivity index (χ1) is 14.5. The Morgan fingerprint density at radius 2 is 1.90 bits per heavy atom. The standard InChI is InChI=1S/C22H19NO7/c1-12-14-4-6-17-16(21(14)30-22(25)15(12)8-20(24)26-2)9-23(10-27-17)13-3-5-18-19(7-13)29-11-28-18/h3-7H,8-11H2,1-2H3. The van der Waals surface area contributed by atoms with E-state index < -0.39 is 11.6 Å². The number of nitrogens with zero attached hydrogens (tertiary/aromatic N) is 1. The minimum atomic E-state index is -0.543. The first-order valence-electron chi connectivity index (χ1n) is 9.47. The molecule has 0 amide bonds. The van der Waals surface area contributed by atoms with Crippen LogP contribution in [-0.2, 0) is 22.5 Å². The monoisotopic (exact) mass is 409 g/mol. The van der Waals surface area contributed by atoms with E-state index in [1.165, 1.54) is 7.11 Å². The van der Waals surface area contributed by atoms with Gasteiger partial charge in [0.2, 0.25) is 6.79 Å². The first-order valence-corrected chi connectivity index (χ1v) is 9.47. The summed E-state index contributed by atoms with van der Waals surface area (Å²) in [6.45, 7) is 2.86. The summed E-state index contributed by atoms with van der Waals surface area (Å²) in [6.07, 6.45) is -0.127. The number of methoxy groups -OCH3 is 1. The minimum absolute atomic E-state index is 0.127. The van der Waals surface area contributed by atoms with Crippen molar-refractivity contribution < 1.29 is 28.2 Å². The van der Waals surface area contributed by atoms with Gasteiger partial charge in [-0.25, -0.2) is 4.79 Å². The van der Waals surface area contributed by atoms with Gasteiger partial charge in [0.25, 0.3) is 0 Å². The molecular weight excluding hydrogens is 390 g/mol. The Morgan fingerprint density at radius 3 is 2.73 bits per heavy atom. The number of carbonyl (C=O) groups is 1. The second-order valence-corrected chi connectivity index (χ2v) is 7.17. The van der Waals surface area contributed by atoms with Crippen LogP contribution in [0, 0.1) is 6.92 Å². The number of fused-ring (bicyclic) bond motifs is 4. The lowest BCUT2D eigenvalue weighted by atomic mass is 10.00. The van der Waals surface area contributed by atoms with E-state index in [4.69, 9.17) is 23.4 Å². The predicted octanol–water partition coefficient (Wildman–Crippen LogP) is 2.90. The Kier molecular flexibility index (Phi) is 4.27. The lowest BCUT2D eigenvalue weighted by Crippen LogP contribution is -2.32. The van der Waals surface area contributed by atoms with Gasteiger partial charge in [-0.15, -0.1) is 0 Å². The SMILES string of the molecule is COC(=O)Cc1c(C)c2ccc3c(c2oc1=O)CN(c1ccc2c(c1)OCO2)CO3. The van der Waals surface area contributed by atoms with Crippen molar-refractivity contribution >= 4 is 22.6 Å². The molecule has 8 nitrogen and oxygen atoms in total. The van der Waals surface area contributed by atoms with Crippen molar-refractivity contribution in [3.63, 3.8) is 0 Å². The Morgan fingerprint density at radius 1 is 1.10 bits per heavy atom. The first kappa shape index (κ1) is 18.4. The maximum Gasteiger partial charge on any atom is 0.340 e. The molecule has 0 bridgehead atoms. The second kappa shape index (κ2) is 6.98. The molecule has 1 aromatic heterocycles. The fourth-order valence-electron chi connectivity index (χ4n) is 3.83. The van der Waals surface area contributed by atoms with Crippen molar-refractivity contribution in [2.75, 3.05) is 25.5 Å². The number of esters is 1. The van der Waals surface area contributed by atoms with Gasteiger partial charge < -0.3 is 28.3 Å². The Labute approximate surface area is 171 Å². The van der Waals surface area contributed by atoms with Crippen LogP contribution in [0.5, 0.6) is 17.2 Å². The van der Waals surface area contributed by atoms with Crippen molar-refractivity contribution in [3.8, 4) is 17.2 Å². The van der Waals surface area contributed by atoms with Crippen molar-refractivity contribution in [2.45, 2.75) is 19.9 Å². The maximum absolute atomic E-state index is 12.6. The number of hydrogen-bond acceptors (Lipinski definition) is 8. The highest BCUT2D eigenvalue weighted by Crippen LogP contribution is 2.39. The molecular formula is C22H19NO7. The number of aryl methyl sites for hydroxylation is 1. The molecule has 0 saturated carbocycles. The van der Waals surface area contributed by atoms with E-state index in [9.17, 15) is 9.59 Å². The molecule has 0 spiro atoms. The van der Waals surface area contributed by atoms with E-state index >= 15 is 0 Å². The molecule has 5 rings (SSSR count). The maximum atomic E-state index is 12.6. The van der Waals surface area contributed by atoms with Gasteiger partial charge in [-0.05, 0) is 36.8 Å². The minimum Gasteiger partial charge on any atom is -0.473 e. The van der Waals surface area contributed by atoms with Crippen LogP contribution >= 0.6 is 0 Å². The van der Waals surface area contributed by atoms with E-state index in [-0.39, 0.29) is 13.2 Å². The Balaban J connectivity index is 1.56. The Hall–Kier alpha value is -3.68. The van der Waals surface area contributed by atoms with Crippen LogP contribution in [0.3, 0.4) is 0 Å². The summed E-state index contributed by atoms with van der Waals surface area (Å²) in [5.74, 6) is 1.58. The zero-order chi connectivity index (χ0) is 20.8. The molecule has 0 radical (unpaired) electrons. The summed E-state index contributed by atoms with van der Waals surface area (Å²) < 4.78 is 27.1. The van der Waals surface area contributed by atoms with E-state index in [2.05, 4.69) is 0 Å². The summed E-state index contributed by atoms with van der Waals surface area (Å²) in [5, 5.41) is 0.767. The summed E-state index contributed by atoms with van der Waals surface area (Å²) in [4.78, 5) is 26.3.